The molecule has 2 bridgehead atoms. The average molecular weight is 613 g/mol. The lowest BCUT2D eigenvalue weighted by atomic mass is 9.83. The predicted molar refractivity (Wildman–Crippen MR) is 150 cm³/mol. The van der Waals surface area contributed by atoms with Crippen LogP contribution in [0.2, 0.25) is 5.02 Å². The van der Waals surface area contributed by atoms with E-state index in [1.165, 1.54) is 36.5 Å². The van der Waals surface area contributed by atoms with Crippen molar-refractivity contribution >= 4 is 35.5 Å². The Bertz CT molecular complexity index is 1600. The number of fused-ring (bicyclic) bond motifs is 4. The molecule has 0 saturated carbocycles. The van der Waals surface area contributed by atoms with E-state index in [0.717, 1.165) is 0 Å². The van der Waals surface area contributed by atoms with E-state index in [4.69, 9.17) is 11.6 Å². The van der Waals surface area contributed by atoms with E-state index in [9.17, 15) is 14.4 Å². The highest BCUT2D eigenvalue weighted by Crippen LogP contribution is 2.37. The van der Waals surface area contributed by atoms with E-state index in [0.29, 0.717) is 40.6 Å². The van der Waals surface area contributed by atoms with E-state index in [1.54, 1.807) is 36.4 Å². The SMILES string of the molecule is COC(=O)NC1C=CC2C(=C1)C(=O)C(F)(F)CCCCC(NC(=O)/C=C/c1cc(Cl)ccc1-n1cnnn1)c1ncc2[nH]1. The number of rotatable bonds is 5. The quantitative estimate of drug-likeness (QED) is 0.288. The van der Waals surface area contributed by atoms with Crippen molar-refractivity contribution in [3.05, 3.63) is 82.7 Å². The zero-order chi connectivity index (χ0) is 30.6. The fraction of sp³-hybridized carbons (Fsp3) is 0.321. The largest absolute Gasteiger partial charge is 0.453 e. The van der Waals surface area contributed by atoms with Gasteiger partial charge in [-0.1, -0.05) is 36.2 Å². The monoisotopic (exact) mass is 612 g/mol. The molecule has 5 rings (SSSR count). The standard InChI is InChI=1S/C28H27ClF2N8O4/c1-43-27(42)34-18-7-8-19-20(13-18)25(41)28(30,31)11-3-2-4-21(26-32-14-22(19)36-26)35-24(40)10-5-16-12-17(29)6-9-23(16)39-15-33-37-38-39/h5-10,12-15,18-19,21H,2-4,11H2,1H3,(H,32,36)(H,34,42)(H,35,40)/b10-5+. The predicted octanol–water partition coefficient (Wildman–Crippen LogP) is 3.99. The molecular weight excluding hydrogens is 586 g/mol. The van der Waals surface area contributed by atoms with E-state index < -0.39 is 48.1 Å². The molecule has 1 aliphatic heterocycles. The molecule has 3 aromatic rings. The second-order valence-electron chi connectivity index (χ2n) is 10.0. The van der Waals surface area contributed by atoms with Gasteiger partial charge in [0.2, 0.25) is 11.7 Å². The van der Waals surface area contributed by atoms with Crippen molar-refractivity contribution < 1.29 is 27.9 Å². The minimum Gasteiger partial charge on any atom is -0.453 e. The Kier molecular flexibility index (Phi) is 8.76. The Labute approximate surface area is 249 Å². The van der Waals surface area contributed by atoms with Gasteiger partial charge in [-0.25, -0.2) is 9.78 Å². The van der Waals surface area contributed by atoms with Crippen molar-refractivity contribution in [1.82, 2.24) is 40.8 Å². The first-order valence-corrected chi connectivity index (χ1v) is 13.8. The summed E-state index contributed by atoms with van der Waals surface area (Å²) in [7, 11) is 1.18. The summed E-state index contributed by atoms with van der Waals surface area (Å²) in [5, 5.41) is 17.0. The minimum absolute atomic E-state index is 0.0317. The maximum absolute atomic E-state index is 15.1. The second kappa shape index (κ2) is 12.7. The first-order valence-electron chi connectivity index (χ1n) is 13.4. The number of amides is 2. The van der Waals surface area contributed by atoms with Gasteiger partial charge in [0.1, 0.15) is 12.2 Å². The number of methoxy groups -OCH3 is 1. The molecule has 224 valence electrons. The van der Waals surface area contributed by atoms with Gasteiger partial charge in [0.05, 0.1) is 24.9 Å². The Balaban J connectivity index is 1.39. The van der Waals surface area contributed by atoms with Crippen molar-refractivity contribution in [1.29, 1.82) is 0 Å². The molecule has 0 radical (unpaired) electrons. The highest BCUT2D eigenvalue weighted by atomic mass is 35.5. The maximum atomic E-state index is 15.1. The number of aromatic nitrogens is 6. The molecule has 3 heterocycles. The van der Waals surface area contributed by atoms with Crippen LogP contribution in [0.4, 0.5) is 13.6 Å². The lowest BCUT2D eigenvalue weighted by Gasteiger charge is -2.26. The summed E-state index contributed by atoms with van der Waals surface area (Å²) in [5.41, 5.74) is 1.40. The molecule has 3 atom stereocenters. The Morgan fingerprint density at radius 3 is 2.84 bits per heavy atom. The third-order valence-corrected chi connectivity index (χ3v) is 7.33. The molecule has 2 amide bonds. The number of imidazole rings is 1. The smallest absolute Gasteiger partial charge is 0.407 e. The van der Waals surface area contributed by atoms with Crippen LogP contribution in [0.1, 0.15) is 54.7 Å². The van der Waals surface area contributed by atoms with Crippen LogP contribution in [0.25, 0.3) is 11.8 Å². The number of halogens is 3. The maximum Gasteiger partial charge on any atom is 0.407 e. The number of hydrogen-bond donors (Lipinski definition) is 3. The highest BCUT2D eigenvalue weighted by Gasteiger charge is 2.43. The van der Waals surface area contributed by atoms with Gasteiger partial charge in [-0.15, -0.1) is 5.10 Å². The first-order chi connectivity index (χ1) is 20.6. The van der Waals surface area contributed by atoms with Gasteiger partial charge in [0.15, 0.2) is 0 Å². The molecule has 12 nitrogen and oxygen atoms in total. The van der Waals surface area contributed by atoms with Crippen LogP contribution < -0.4 is 10.6 Å². The summed E-state index contributed by atoms with van der Waals surface area (Å²) in [6, 6.07) is 3.61. The third-order valence-electron chi connectivity index (χ3n) is 7.10. The van der Waals surface area contributed by atoms with Crippen LogP contribution in [0, 0.1) is 0 Å². The van der Waals surface area contributed by atoms with Crippen LogP contribution in [-0.2, 0) is 14.3 Å². The zero-order valence-corrected chi connectivity index (χ0v) is 23.6. The number of benzene rings is 1. The second-order valence-corrected chi connectivity index (χ2v) is 10.4. The van der Waals surface area contributed by atoms with Gasteiger partial charge in [-0.2, -0.15) is 13.5 Å². The van der Waals surface area contributed by atoms with Gasteiger partial charge in [-0.05, 0) is 47.5 Å². The van der Waals surface area contributed by atoms with Gasteiger partial charge < -0.3 is 20.4 Å². The number of nitrogens with zero attached hydrogens (tertiary/aromatic N) is 5. The lowest BCUT2D eigenvalue weighted by molar-refractivity contribution is -0.140. The van der Waals surface area contributed by atoms with Crippen LogP contribution in [0.5, 0.6) is 0 Å². The number of ether oxygens (including phenoxy) is 1. The number of alkyl carbamates (subject to hydrolysis) is 1. The number of tetrazole rings is 1. The van der Waals surface area contributed by atoms with E-state index in [2.05, 4.69) is 40.9 Å². The van der Waals surface area contributed by atoms with Crippen LogP contribution >= 0.6 is 11.6 Å². The Morgan fingerprint density at radius 2 is 2.07 bits per heavy atom. The number of alkyl halides is 2. The molecule has 0 fully saturated rings. The number of Topliss-reactive ketones (excluding diaryl/α,β-unsaturated/α-hetero) is 1. The van der Waals surface area contributed by atoms with Crippen molar-refractivity contribution in [2.75, 3.05) is 7.11 Å². The summed E-state index contributed by atoms with van der Waals surface area (Å²) in [6.45, 7) is 0. The van der Waals surface area contributed by atoms with E-state index >= 15 is 8.78 Å². The molecule has 0 spiro atoms. The fourth-order valence-electron chi connectivity index (χ4n) is 4.97. The molecule has 1 aromatic carbocycles. The summed E-state index contributed by atoms with van der Waals surface area (Å²) >= 11 is 6.16. The summed E-state index contributed by atoms with van der Waals surface area (Å²) in [4.78, 5) is 45.3. The van der Waals surface area contributed by atoms with Crippen LogP contribution in [-0.4, -0.2) is 67.0 Å². The number of carbonyl (C=O) groups excluding carboxylic acids is 3. The fourth-order valence-corrected chi connectivity index (χ4v) is 5.15. The molecule has 15 heteroatoms. The molecule has 2 aliphatic rings. The number of aromatic amines is 1. The van der Waals surface area contributed by atoms with Crippen molar-refractivity contribution in [2.24, 2.45) is 0 Å². The normalized spacial score (nSPS) is 21.7. The van der Waals surface area contributed by atoms with Gasteiger partial charge in [0.25, 0.3) is 0 Å². The molecule has 3 unspecified atom stereocenters. The summed E-state index contributed by atoms with van der Waals surface area (Å²) in [6.07, 6.45) is 9.38. The number of nitrogens with one attached hydrogen (secondary N) is 3. The van der Waals surface area contributed by atoms with Crippen molar-refractivity contribution in [2.45, 2.75) is 49.6 Å². The number of carbonyl (C=O) groups is 3. The minimum atomic E-state index is -3.62. The number of allylic oxidation sites excluding steroid dienone is 2. The van der Waals surface area contributed by atoms with E-state index in [1.807, 2.05) is 0 Å². The molecule has 1 aliphatic carbocycles. The zero-order valence-electron chi connectivity index (χ0n) is 22.8. The average Bonchev–Trinajstić information content (AvgIpc) is 3.70. The number of H-pyrrole nitrogens is 1. The van der Waals surface area contributed by atoms with E-state index in [-0.39, 0.29) is 12.0 Å². The van der Waals surface area contributed by atoms with Crippen molar-refractivity contribution in [3.63, 3.8) is 0 Å². The van der Waals surface area contributed by atoms with Crippen LogP contribution in [0.3, 0.4) is 0 Å². The topological polar surface area (TPSA) is 157 Å². The molecule has 3 N–H and O–H groups in total. The lowest BCUT2D eigenvalue weighted by Crippen LogP contribution is -2.38. The van der Waals surface area contributed by atoms with Crippen LogP contribution in [0.15, 0.2) is 60.6 Å². The van der Waals surface area contributed by atoms with Gasteiger partial charge in [0, 0.05) is 46.5 Å². The first kappa shape index (κ1) is 29.8. The molecular formula is C28H27ClF2N8O4. The van der Waals surface area contributed by atoms with Crippen molar-refractivity contribution in [3.8, 4) is 5.69 Å². The highest BCUT2D eigenvalue weighted by molar-refractivity contribution is 6.30. The number of ketones is 1. The van der Waals surface area contributed by atoms with Gasteiger partial charge >= 0.3 is 12.0 Å². The molecule has 43 heavy (non-hydrogen) atoms. The molecule has 2 aromatic heterocycles. The van der Waals surface area contributed by atoms with Gasteiger partial charge in [-0.3, -0.25) is 9.59 Å². The summed E-state index contributed by atoms with van der Waals surface area (Å²) in [5.74, 6) is -5.84. The Morgan fingerprint density at radius 1 is 1.23 bits per heavy atom. The number of hydrogen-bond acceptors (Lipinski definition) is 8. The Hall–Kier alpha value is -4.72. The third kappa shape index (κ3) is 6.85. The summed E-state index contributed by atoms with van der Waals surface area (Å²) < 4.78 is 36.2. The molecule has 0 saturated heterocycles.